The van der Waals surface area contributed by atoms with E-state index in [2.05, 4.69) is 6.08 Å². The van der Waals surface area contributed by atoms with Crippen molar-refractivity contribution in [2.24, 2.45) is 0 Å². The fourth-order valence-electron chi connectivity index (χ4n) is 2.62. The molecule has 0 radical (unpaired) electrons. The summed E-state index contributed by atoms with van der Waals surface area (Å²) in [7, 11) is 1.64. The van der Waals surface area contributed by atoms with E-state index < -0.39 is 5.37 Å². The number of rotatable bonds is 1. The summed E-state index contributed by atoms with van der Waals surface area (Å²) in [5.74, 6) is 0.754. The summed E-state index contributed by atoms with van der Waals surface area (Å²) < 4.78 is 5.50. The zero-order chi connectivity index (χ0) is 14.1. The van der Waals surface area contributed by atoms with Crippen molar-refractivity contribution in [2.75, 3.05) is 12.0 Å². The number of halogens is 1. The molecular formula is C16H14ClNO2. The van der Waals surface area contributed by atoms with Crippen molar-refractivity contribution in [3.8, 4) is 0 Å². The van der Waals surface area contributed by atoms with Gasteiger partial charge in [0.05, 0.1) is 18.5 Å². The quantitative estimate of drug-likeness (QED) is 0.564. The summed E-state index contributed by atoms with van der Waals surface area (Å²) in [6.45, 7) is 0. The Morgan fingerprint density at radius 1 is 1.25 bits per heavy atom. The number of carbonyl (C=O) groups excluding carboxylic acids is 1. The SMILES string of the molecule is COC1=Cc2ccccc2N(C(=O)Cl)C2=CCCC=C12. The average Bonchev–Trinajstić information content (AvgIpc) is 2.61. The molecule has 0 fully saturated rings. The Balaban J connectivity index is 2.27. The van der Waals surface area contributed by atoms with E-state index >= 15 is 0 Å². The lowest BCUT2D eigenvalue weighted by Gasteiger charge is -2.26. The molecule has 1 aliphatic heterocycles. The van der Waals surface area contributed by atoms with Crippen molar-refractivity contribution in [3.05, 3.63) is 59.0 Å². The van der Waals surface area contributed by atoms with Gasteiger partial charge in [-0.25, -0.2) is 0 Å². The van der Waals surface area contributed by atoms with Crippen LogP contribution in [0.5, 0.6) is 0 Å². The van der Waals surface area contributed by atoms with Crippen LogP contribution in [0.2, 0.25) is 0 Å². The first-order valence-electron chi connectivity index (χ1n) is 6.47. The van der Waals surface area contributed by atoms with Gasteiger partial charge in [0.25, 0.3) is 0 Å². The lowest BCUT2D eigenvalue weighted by molar-refractivity contribution is 0.265. The van der Waals surface area contributed by atoms with Crippen LogP contribution in [0.15, 0.2) is 53.4 Å². The molecule has 102 valence electrons. The molecule has 3 rings (SSSR count). The van der Waals surface area contributed by atoms with Crippen molar-refractivity contribution < 1.29 is 9.53 Å². The molecule has 0 saturated carbocycles. The monoisotopic (exact) mass is 287 g/mol. The highest BCUT2D eigenvalue weighted by atomic mass is 35.5. The van der Waals surface area contributed by atoms with Crippen LogP contribution in [0.4, 0.5) is 10.5 Å². The number of amides is 1. The van der Waals surface area contributed by atoms with Crippen molar-refractivity contribution in [1.82, 2.24) is 0 Å². The summed E-state index contributed by atoms with van der Waals surface area (Å²) in [5.41, 5.74) is 3.41. The van der Waals surface area contributed by atoms with E-state index in [0.717, 1.165) is 41.1 Å². The molecule has 4 heteroatoms. The number of anilines is 1. The highest BCUT2D eigenvalue weighted by Crippen LogP contribution is 2.39. The van der Waals surface area contributed by atoms with Gasteiger partial charge in [-0.05, 0) is 36.6 Å². The Bertz CT molecular complexity index is 658. The molecule has 0 N–H and O–H groups in total. The smallest absolute Gasteiger partial charge is 0.325 e. The van der Waals surface area contributed by atoms with Crippen LogP contribution in [0.1, 0.15) is 18.4 Å². The molecule has 0 spiro atoms. The molecule has 0 saturated heterocycles. The summed E-state index contributed by atoms with van der Waals surface area (Å²) in [5, 5.41) is -0.512. The molecule has 1 aliphatic carbocycles. The maximum absolute atomic E-state index is 11.9. The van der Waals surface area contributed by atoms with Gasteiger partial charge in [-0.15, -0.1) is 0 Å². The minimum absolute atomic E-state index is 0.512. The lowest BCUT2D eigenvalue weighted by atomic mass is 10.0. The fourth-order valence-corrected chi connectivity index (χ4v) is 2.80. The van der Waals surface area contributed by atoms with E-state index in [1.165, 1.54) is 0 Å². The van der Waals surface area contributed by atoms with E-state index in [0.29, 0.717) is 0 Å². The van der Waals surface area contributed by atoms with Crippen LogP contribution in [-0.2, 0) is 4.74 Å². The zero-order valence-electron chi connectivity index (χ0n) is 11.1. The van der Waals surface area contributed by atoms with Crippen LogP contribution in [0.3, 0.4) is 0 Å². The molecule has 1 aromatic rings. The van der Waals surface area contributed by atoms with E-state index in [1.807, 2.05) is 36.4 Å². The van der Waals surface area contributed by atoms with Gasteiger partial charge in [0, 0.05) is 11.1 Å². The third-order valence-electron chi connectivity index (χ3n) is 3.50. The topological polar surface area (TPSA) is 29.5 Å². The summed E-state index contributed by atoms with van der Waals surface area (Å²) in [6, 6.07) is 7.65. The molecule has 1 aromatic carbocycles. The number of hydrogen-bond acceptors (Lipinski definition) is 2. The van der Waals surface area contributed by atoms with Crippen LogP contribution >= 0.6 is 11.6 Å². The van der Waals surface area contributed by atoms with Crippen LogP contribution < -0.4 is 4.90 Å². The Morgan fingerprint density at radius 2 is 2.00 bits per heavy atom. The predicted molar refractivity (Wildman–Crippen MR) is 80.6 cm³/mol. The number of nitrogens with zero attached hydrogens (tertiary/aromatic N) is 1. The molecular weight excluding hydrogens is 274 g/mol. The Hall–Kier alpha value is -2.00. The molecule has 1 amide bonds. The van der Waals surface area contributed by atoms with Gasteiger partial charge in [-0.3, -0.25) is 9.69 Å². The molecule has 0 unspecified atom stereocenters. The highest BCUT2D eigenvalue weighted by Gasteiger charge is 2.29. The van der Waals surface area contributed by atoms with E-state index in [9.17, 15) is 4.79 Å². The first-order valence-corrected chi connectivity index (χ1v) is 6.85. The average molecular weight is 288 g/mol. The standard InChI is InChI=1S/C16H14ClNO2/c1-20-15-10-11-6-2-4-8-13(11)18(16(17)19)14-9-5-3-7-12(14)15/h2,4,6-10H,3,5H2,1H3. The predicted octanol–water partition coefficient (Wildman–Crippen LogP) is 4.46. The number of para-hydroxylation sites is 1. The van der Waals surface area contributed by atoms with E-state index in [4.69, 9.17) is 16.3 Å². The molecule has 3 nitrogen and oxygen atoms in total. The van der Waals surface area contributed by atoms with Gasteiger partial charge in [-0.2, -0.15) is 0 Å². The minimum Gasteiger partial charge on any atom is -0.496 e. The summed E-state index contributed by atoms with van der Waals surface area (Å²) in [4.78, 5) is 13.5. The van der Waals surface area contributed by atoms with Gasteiger partial charge >= 0.3 is 5.37 Å². The third kappa shape index (κ3) is 2.04. The van der Waals surface area contributed by atoms with Gasteiger partial charge in [-0.1, -0.05) is 30.4 Å². The van der Waals surface area contributed by atoms with Gasteiger partial charge in [0.1, 0.15) is 5.76 Å². The number of ether oxygens (including phenoxy) is 1. The highest BCUT2D eigenvalue weighted by molar-refractivity contribution is 6.66. The Kier molecular flexibility index (Phi) is 3.36. The number of benzene rings is 1. The van der Waals surface area contributed by atoms with E-state index in [1.54, 1.807) is 12.0 Å². The largest absolute Gasteiger partial charge is 0.496 e. The maximum atomic E-state index is 11.9. The van der Waals surface area contributed by atoms with Gasteiger partial charge < -0.3 is 4.74 Å². The van der Waals surface area contributed by atoms with Crippen LogP contribution in [0.25, 0.3) is 6.08 Å². The molecule has 0 atom stereocenters. The number of methoxy groups -OCH3 is 1. The Morgan fingerprint density at radius 3 is 2.75 bits per heavy atom. The normalized spacial score (nSPS) is 17.1. The Labute approximate surface area is 122 Å². The zero-order valence-corrected chi connectivity index (χ0v) is 11.9. The third-order valence-corrected chi connectivity index (χ3v) is 3.66. The van der Waals surface area contributed by atoms with E-state index in [-0.39, 0.29) is 0 Å². The number of hydrogen-bond donors (Lipinski definition) is 0. The van der Waals surface area contributed by atoms with Crippen molar-refractivity contribution in [3.63, 3.8) is 0 Å². The van der Waals surface area contributed by atoms with Crippen molar-refractivity contribution >= 4 is 28.7 Å². The second kappa shape index (κ2) is 5.17. The molecule has 20 heavy (non-hydrogen) atoms. The summed E-state index contributed by atoms with van der Waals surface area (Å²) >= 11 is 5.82. The molecule has 0 aromatic heterocycles. The molecule has 2 aliphatic rings. The second-order valence-corrected chi connectivity index (χ2v) is 4.97. The number of allylic oxidation sites excluding steroid dienone is 2. The molecule has 0 bridgehead atoms. The maximum Gasteiger partial charge on any atom is 0.325 e. The van der Waals surface area contributed by atoms with Crippen molar-refractivity contribution in [2.45, 2.75) is 12.8 Å². The van der Waals surface area contributed by atoms with Crippen LogP contribution in [0, 0.1) is 0 Å². The summed E-state index contributed by atoms with van der Waals surface area (Å²) in [6.07, 6.45) is 7.88. The first-order chi connectivity index (χ1) is 9.72. The molecule has 1 heterocycles. The lowest BCUT2D eigenvalue weighted by Crippen LogP contribution is -2.27. The van der Waals surface area contributed by atoms with Gasteiger partial charge in [0.2, 0.25) is 0 Å². The van der Waals surface area contributed by atoms with Gasteiger partial charge in [0.15, 0.2) is 0 Å². The number of fused-ring (bicyclic) bond motifs is 2. The first kappa shape index (κ1) is 13.0. The minimum atomic E-state index is -0.512. The fraction of sp³-hybridized carbons (Fsp3) is 0.188. The van der Waals surface area contributed by atoms with Crippen LogP contribution in [-0.4, -0.2) is 12.5 Å². The number of carbonyl (C=O) groups is 1. The van der Waals surface area contributed by atoms with Crippen molar-refractivity contribution in [1.29, 1.82) is 0 Å². The second-order valence-electron chi connectivity index (χ2n) is 4.64.